The Balaban J connectivity index is 2.34. The zero-order valence-corrected chi connectivity index (χ0v) is 12.0. The molecule has 0 bridgehead atoms. The Morgan fingerprint density at radius 3 is 2.43 bits per heavy atom. The number of rotatable bonds is 5. The number of aromatic hydroxyl groups is 1. The zero-order valence-electron chi connectivity index (χ0n) is 12.0. The van der Waals surface area contributed by atoms with Crippen LogP contribution in [0.4, 0.5) is 0 Å². The smallest absolute Gasteiger partial charge is 0.119 e. The van der Waals surface area contributed by atoms with E-state index < -0.39 is 0 Å². The Labute approximate surface area is 125 Å². The largest absolute Gasteiger partial charge is 0.508 e. The SMILES string of the molecule is C=CCC1=C(O)C=CC(c2cc(CC=C)ccc2O)C=C1. The number of phenols is 1. The molecular weight excluding hydrogens is 260 g/mol. The van der Waals surface area contributed by atoms with Crippen LogP contribution in [-0.4, -0.2) is 10.2 Å². The summed E-state index contributed by atoms with van der Waals surface area (Å²) in [5, 5.41) is 20.1. The first-order valence-corrected chi connectivity index (χ1v) is 6.97. The number of aliphatic hydroxyl groups excluding tert-OH is 1. The van der Waals surface area contributed by atoms with Gasteiger partial charge in [-0.2, -0.15) is 0 Å². The van der Waals surface area contributed by atoms with Gasteiger partial charge in [0, 0.05) is 11.5 Å². The van der Waals surface area contributed by atoms with Gasteiger partial charge in [0.25, 0.3) is 0 Å². The summed E-state index contributed by atoms with van der Waals surface area (Å²) in [6.07, 6.45) is 12.4. The first-order chi connectivity index (χ1) is 10.2. The van der Waals surface area contributed by atoms with Crippen LogP contribution in [-0.2, 0) is 6.42 Å². The van der Waals surface area contributed by atoms with E-state index in [1.54, 1.807) is 18.2 Å². The van der Waals surface area contributed by atoms with Crippen LogP contribution in [0.25, 0.3) is 0 Å². The lowest BCUT2D eigenvalue weighted by Gasteiger charge is -2.12. The lowest BCUT2D eigenvalue weighted by molar-refractivity contribution is 0.426. The van der Waals surface area contributed by atoms with Gasteiger partial charge in [-0.05, 0) is 36.1 Å². The van der Waals surface area contributed by atoms with Crippen LogP contribution in [0.5, 0.6) is 5.75 Å². The van der Waals surface area contributed by atoms with Gasteiger partial charge in [0.15, 0.2) is 0 Å². The predicted molar refractivity (Wildman–Crippen MR) is 87.5 cm³/mol. The lowest BCUT2D eigenvalue weighted by atomic mass is 9.94. The summed E-state index contributed by atoms with van der Waals surface area (Å²) < 4.78 is 0. The summed E-state index contributed by atoms with van der Waals surface area (Å²) in [5.41, 5.74) is 2.76. The van der Waals surface area contributed by atoms with Gasteiger partial charge >= 0.3 is 0 Å². The Morgan fingerprint density at radius 2 is 1.71 bits per heavy atom. The summed E-state index contributed by atoms with van der Waals surface area (Å²) in [5.74, 6) is 0.434. The molecule has 0 radical (unpaired) electrons. The molecule has 1 aliphatic carbocycles. The quantitative estimate of drug-likeness (QED) is 0.766. The highest BCUT2D eigenvalue weighted by atomic mass is 16.3. The maximum atomic E-state index is 10.1. The average molecular weight is 280 g/mol. The molecule has 2 rings (SSSR count). The lowest BCUT2D eigenvalue weighted by Crippen LogP contribution is -1.94. The molecule has 21 heavy (non-hydrogen) atoms. The molecule has 0 aromatic heterocycles. The minimum atomic E-state index is -0.0702. The standard InChI is InChI=1S/C19H20O2/c1-3-5-14-7-11-19(21)17(13-14)15-8-9-16(6-4-2)18(20)12-10-15/h3-4,7-13,15,20-21H,1-2,5-6H2. The molecule has 0 spiro atoms. The predicted octanol–water partition coefficient (Wildman–Crippen LogP) is 4.72. The van der Waals surface area contributed by atoms with Crippen LogP contribution in [0.15, 0.2) is 79.1 Å². The van der Waals surface area contributed by atoms with Crippen molar-refractivity contribution in [3.05, 3.63) is 90.3 Å². The van der Waals surface area contributed by atoms with E-state index in [-0.39, 0.29) is 17.4 Å². The highest BCUT2D eigenvalue weighted by Gasteiger charge is 2.13. The highest BCUT2D eigenvalue weighted by molar-refractivity contribution is 5.46. The van der Waals surface area contributed by atoms with Crippen molar-refractivity contribution in [1.82, 2.24) is 0 Å². The normalized spacial score (nSPS) is 17.6. The molecule has 0 amide bonds. The molecule has 1 unspecified atom stereocenters. The van der Waals surface area contributed by atoms with Gasteiger partial charge in [-0.25, -0.2) is 0 Å². The maximum Gasteiger partial charge on any atom is 0.119 e. The van der Waals surface area contributed by atoms with Gasteiger partial charge in [-0.15, -0.1) is 13.2 Å². The van der Waals surface area contributed by atoms with Gasteiger partial charge in [0.2, 0.25) is 0 Å². The summed E-state index contributed by atoms with van der Waals surface area (Å²) in [6, 6.07) is 5.58. The number of benzene rings is 1. The number of hydrogen-bond donors (Lipinski definition) is 2. The van der Waals surface area contributed by atoms with E-state index in [4.69, 9.17) is 0 Å². The molecule has 0 saturated carbocycles. The molecule has 0 fully saturated rings. The Hall–Kier alpha value is -2.48. The van der Waals surface area contributed by atoms with Crippen LogP contribution in [0, 0.1) is 0 Å². The molecule has 2 N–H and O–H groups in total. The molecule has 0 saturated heterocycles. The first kappa shape index (κ1) is 14.9. The third kappa shape index (κ3) is 3.54. The first-order valence-electron chi connectivity index (χ1n) is 6.97. The molecule has 108 valence electrons. The maximum absolute atomic E-state index is 10.1. The van der Waals surface area contributed by atoms with Crippen LogP contribution in [0.3, 0.4) is 0 Å². The Morgan fingerprint density at radius 1 is 1.00 bits per heavy atom. The van der Waals surface area contributed by atoms with Crippen molar-refractivity contribution in [3.8, 4) is 5.75 Å². The molecule has 1 aromatic rings. The molecule has 1 aromatic carbocycles. The van der Waals surface area contributed by atoms with Crippen molar-refractivity contribution < 1.29 is 10.2 Å². The van der Waals surface area contributed by atoms with Crippen molar-refractivity contribution in [2.24, 2.45) is 0 Å². The van der Waals surface area contributed by atoms with E-state index in [2.05, 4.69) is 13.2 Å². The topological polar surface area (TPSA) is 40.5 Å². The second kappa shape index (κ2) is 6.80. The van der Waals surface area contributed by atoms with Gasteiger partial charge < -0.3 is 10.2 Å². The molecule has 2 nitrogen and oxygen atoms in total. The van der Waals surface area contributed by atoms with Crippen molar-refractivity contribution in [2.75, 3.05) is 0 Å². The molecular formula is C19H20O2. The van der Waals surface area contributed by atoms with E-state index in [0.29, 0.717) is 6.42 Å². The fraction of sp³-hybridized carbons (Fsp3) is 0.158. The van der Waals surface area contributed by atoms with Crippen LogP contribution < -0.4 is 0 Å². The fourth-order valence-electron chi connectivity index (χ4n) is 2.37. The minimum absolute atomic E-state index is 0.0702. The van der Waals surface area contributed by atoms with Crippen molar-refractivity contribution >= 4 is 0 Å². The second-order valence-electron chi connectivity index (χ2n) is 5.03. The molecule has 2 heteroatoms. The summed E-state index contributed by atoms with van der Waals surface area (Å²) in [4.78, 5) is 0. The van der Waals surface area contributed by atoms with Crippen molar-refractivity contribution in [3.63, 3.8) is 0 Å². The molecule has 0 heterocycles. The van der Waals surface area contributed by atoms with Crippen molar-refractivity contribution in [2.45, 2.75) is 18.8 Å². The Bertz CT molecular complexity index is 633. The van der Waals surface area contributed by atoms with E-state index >= 15 is 0 Å². The average Bonchev–Trinajstić information content (AvgIpc) is 2.65. The van der Waals surface area contributed by atoms with E-state index in [0.717, 1.165) is 23.1 Å². The minimum Gasteiger partial charge on any atom is -0.508 e. The van der Waals surface area contributed by atoms with E-state index in [1.807, 2.05) is 36.4 Å². The highest BCUT2D eigenvalue weighted by Crippen LogP contribution is 2.31. The van der Waals surface area contributed by atoms with Gasteiger partial charge in [0.1, 0.15) is 11.5 Å². The third-order valence-corrected chi connectivity index (χ3v) is 3.49. The molecule has 1 aliphatic rings. The number of aliphatic hydroxyl groups is 1. The summed E-state index contributed by atoms with van der Waals surface area (Å²) in [7, 11) is 0. The van der Waals surface area contributed by atoms with Gasteiger partial charge in [-0.3, -0.25) is 0 Å². The van der Waals surface area contributed by atoms with Crippen LogP contribution in [0.1, 0.15) is 23.5 Å². The summed E-state index contributed by atoms with van der Waals surface area (Å²) in [6.45, 7) is 7.43. The van der Waals surface area contributed by atoms with Crippen LogP contribution in [0.2, 0.25) is 0 Å². The van der Waals surface area contributed by atoms with E-state index in [9.17, 15) is 10.2 Å². The number of hydrogen-bond acceptors (Lipinski definition) is 2. The van der Waals surface area contributed by atoms with Crippen molar-refractivity contribution in [1.29, 1.82) is 0 Å². The molecule has 0 aliphatic heterocycles. The summed E-state index contributed by atoms with van der Waals surface area (Å²) >= 11 is 0. The van der Waals surface area contributed by atoms with Gasteiger partial charge in [0.05, 0.1) is 0 Å². The zero-order chi connectivity index (χ0) is 15.2. The fourth-order valence-corrected chi connectivity index (χ4v) is 2.37. The Kier molecular flexibility index (Phi) is 4.83. The number of allylic oxidation sites excluding steroid dienone is 7. The second-order valence-corrected chi connectivity index (χ2v) is 5.03. The van der Waals surface area contributed by atoms with Crippen LogP contribution >= 0.6 is 0 Å². The number of phenolic OH excluding ortho intramolecular Hbond substituents is 1. The van der Waals surface area contributed by atoms with E-state index in [1.165, 1.54) is 0 Å². The molecule has 1 atom stereocenters. The van der Waals surface area contributed by atoms with Gasteiger partial charge in [-0.1, -0.05) is 42.5 Å². The monoisotopic (exact) mass is 280 g/mol. The third-order valence-electron chi connectivity index (χ3n) is 3.49.